The zero-order valence-electron chi connectivity index (χ0n) is 2.68. The second-order valence-corrected chi connectivity index (χ2v) is 0.886. The molecular formula is BIO3Pb. The van der Waals surface area contributed by atoms with E-state index >= 15 is 0 Å². The fourth-order valence-electron chi connectivity index (χ4n) is 0. The molecule has 0 bridgehead atoms. The van der Waals surface area contributed by atoms with E-state index < -0.39 is 7.32 Å². The molecule has 0 saturated heterocycles. The summed E-state index contributed by atoms with van der Waals surface area (Å²) in [5, 5.41) is 18.2. The van der Waals surface area contributed by atoms with Gasteiger partial charge in [0.1, 0.15) is 0 Å². The summed E-state index contributed by atoms with van der Waals surface area (Å²) in [5.74, 6) is 0. The summed E-state index contributed by atoms with van der Waals surface area (Å²) in [4.78, 5) is 0. The van der Waals surface area contributed by atoms with Crippen LogP contribution < -0.4 is 10.0 Å². The van der Waals surface area contributed by atoms with Crippen LogP contribution in [0.5, 0.6) is 0 Å². The predicted octanol–water partition coefficient (Wildman–Crippen LogP) is -2.32. The Kier molecular flexibility index (Phi) is 11.6. The van der Waals surface area contributed by atoms with Gasteiger partial charge in [-0.15, -0.1) is 0 Å². The summed E-state index contributed by atoms with van der Waals surface area (Å²) < 4.78 is 3.61. The molecule has 0 N–H and O–H groups in total. The van der Waals surface area contributed by atoms with Crippen LogP contribution in [0.2, 0.25) is 0 Å². The molecule has 32 valence electrons. The first-order valence-corrected chi connectivity index (χ1v) is 1.74. The molecule has 0 fully saturated rings. The van der Waals surface area contributed by atoms with Crippen molar-refractivity contribution in [3.8, 4) is 0 Å². The van der Waals surface area contributed by atoms with E-state index in [1.807, 2.05) is 0 Å². The van der Waals surface area contributed by atoms with E-state index in [9.17, 15) is 0 Å². The molecule has 0 saturated carbocycles. The predicted molar refractivity (Wildman–Crippen MR) is 26.6 cm³/mol. The molecular weight excluding hydrogens is 393 g/mol. The Labute approximate surface area is 70.1 Å². The maximum absolute atomic E-state index is 9.11. The van der Waals surface area contributed by atoms with Crippen molar-refractivity contribution in [3.05, 3.63) is 0 Å². The number of rotatable bonds is 1. The van der Waals surface area contributed by atoms with Crippen molar-refractivity contribution in [2.75, 3.05) is 0 Å². The largest absolute Gasteiger partial charge is 2.00 e. The number of halogens is 1. The van der Waals surface area contributed by atoms with Crippen LogP contribution in [-0.2, 0) is 2.98 Å². The van der Waals surface area contributed by atoms with Crippen molar-refractivity contribution in [2.24, 2.45) is 0 Å². The Morgan fingerprint density at radius 3 is 1.67 bits per heavy atom. The molecule has 2 radical (unpaired) electrons. The molecule has 0 spiro atoms. The Morgan fingerprint density at radius 2 is 1.67 bits per heavy atom. The van der Waals surface area contributed by atoms with Gasteiger partial charge in [-0.3, -0.25) is 0 Å². The van der Waals surface area contributed by atoms with Gasteiger partial charge in [0.05, 0.1) is 30.3 Å². The molecule has 0 heterocycles. The Hall–Kier alpha value is 1.60. The smallest absolute Gasteiger partial charge is 0.870 e. The average Bonchev–Trinajstić information content (AvgIpc) is 1.38. The maximum atomic E-state index is 9.11. The van der Waals surface area contributed by atoms with Crippen molar-refractivity contribution in [3.63, 3.8) is 0 Å². The summed E-state index contributed by atoms with van der Waals surface area (Å²) in [6, 6.07) is 0. The fraction of sp³-hybridized carbons (Fsp3) is 0. The SMILES string of the molecule is [O-]B([O-])OI.[Pb+2]. The zero-order chi connectivity index (χ0) is 4.28. The summed E-state index contributed by atoms with van der Waals surface area (Å²) in [7, 11) is -2.13. The van der Waals surface area contributed by atoms with E-state index in [4.69, 9.17) is 10.0 Å². The molecule has 0 aromatic rings. The molecule has 0 aromatic heterocycles. The van der Waals surface area contributed by atoms with E-state index in [-0.39, 0.29) is 27.3 Å². The van der Waals surface area contributed by atoms with Gasteiger partial charge in [-0.05, 0) is 0 Å². The van der Waals surface area contributed by atoms with Gasteiger partial charge >= 0.3 is 27.3 Å². The molecule has 0 atom stereocenters. The minimum absolute atomic E-state index is 0. The fourth-order valence-corrected chi connectivity index (χ4v) is 0. The third-order valence-corrected chi connectivity index (χ3v) is 0.488. The van der Waals surface area contributed by atoms with E-state index in [1.54, 1.807) is 0 Å². The molecule has 0 unspecified atom stereocenters. The van der Waals surface area contributed by atoms with E-state index in [0.29, 0.717) is 0 Å². The van der Waals surface area contributed by atoms with Crippen LogP contribution in [0.25, 0.3) is 0 Å². The minimum Gasteiger partial charge on any atom is -0.870 e. The first kappa shape index (κ1) is 10.6. The molecule has 0 rings (SSSR count). The van der Waals surface area contributed by atoms with Gasteiger partial charge in [-0.1, -0.05) is 0 Å². The number of hydrogen-bond acceptors (Lipinski definition) is 3. The first-order valence-electron chi connectivity index (χ1n) is 0.861. The Balaban J connectivity index is 0. The molecule has 0 aliphatic carbocycles. The molecule has 6 heavy (non-hydrogen) atoms. The van der Waals surface area contributed by atoms with Crippen molar-refractivity contribution >= 4 is 57.6 Å². The summed E-state index contributed by atoms with van der Waals surface area (Å²) in [6.07, 6.45) is 0. The first-order chi connectivity index (χ1) is 2.27. The molecule has 0 aromatic carbocycles. The monoisotopic (exact) mass is 394 g/mol. The molecule has 0 amide bonds. The van der Waals surface area contributed by atoms with Gasteiger partial charge in [0.25, 0.3) is 0 Å². The Morgan fingerprint density at radius 1 is 1.50 bits per heavy atom. The third kappa shape index (κ3) is 9.14. The van der Waals surface area contributed by atoms with Crippen LogP contribution in [0.3, 0.4) is 0 Å². The second-order valence-electron chi connectivity index (χ2n) is 0.378. The molecule has 0 aliphatic rings. The van der Waals surface area contributed by atoms with Crippen LogP contribution in [0.15, 0.2) is 0 Å². The molecule has 6 heteroatoms. The van der Waals surface area contributed by atoms with Crippen LogP contribution >= 0.6 is 23.0 Å². The number of hydrogen-bond donors (Lipinski definition) is 0. The molecule has 0 aliphatic heterocycles. The summed E-state index contributed by atoms with van der Waals surface area (Å²) in [6.45, 7) is 0. The van der Waals surface area contributed by atoms with Crippen LogP contribution in [0.1, 0.15) is 0 Å². The van der Waals surface area contributed by atoms with Crippen LogP contribution in [0.4, 0.5) is 0 Å². The second kappa shape index (κ2) is 6.60. The quantitative estimate of drug-likeness (QED) is 0.372. The normalized spacial score (nSPS) is 6.50. The van der Waals surface area contributed by atoms with Crippen molar-refractivity contribution in [1.29, 1.82) is 0 Å². The van der Waals surface area contributed by atoms with Gasteiger partial charge in [-0.2, -0.15) is 0 Å². The average molecular weight is 393 g/mol. The minimum atomic E-state index is -2.13. The van der Waals surface area contributed by atoms with Crippen LogP contribution in [0, 0.1) is 0 Å². The standard InChI is InChI=1S/BIO3.Pb/c2-5-1(3)4;/q-2;+2. The van der Waals surface area contributed by atoms with Crippen molar-refractivity contribution in [2.45, 2.75) is 0 Å². The van der Waals surface area contributed by atoms with E-state index in [1.165, 1.54) is 23.0 Å². The van der Waals surface area contributed by atoms with Gasteiger partial charge in [0.15, 0.2) is 0 Å². The van der Waals surface area contributed by atoms with Gasteiger partial charge in [0, 0.05) is 0 Å². The Bertz CT molecular complexity index is 24.8. The van der Waals surface area contributed by atoms with Crippen LogP contribution in [-0.4, -0.2) is 34.6 Å². The van der Waals surface area contributed by atoms with Crippen molar-refractivity contribution < 1.29 is 13.0 Å². The topological polar surface area (TPSA) is 55.3 Å². The van der Waals surface area contributed by atoms with Gasteiger partial charge in [0.2, 0.25) is 0 Å². The third-order valence-electron chi connectivity index (χ3n) is 0.0727. The zero-order valence-corrected chi connectivity index (χ0v) is 8.73. The maximum Gasteiger partial charge on any atom is 2.00 e. The van der Waals surface area contributed by atoms with E-state index in [0.717, 1.165) is 0 Å². The van der Waals surface area contributed by atoms with Gasteiger partial charge < -0.3 is 13.0 Å². The summed E-state index contributed by atoms with van der Waals surface area (Å²) in [5.41, 5.74) is 0. The summed E-state index contributed by atoms with van der Waals surface area (Å²) >= 11 is 1.25. The van der Waals surface area contributed by atoms with E-state index in [2.05, 4.69) is 2.98 Å². The van der Waals surface area contributed by atoms with Crippen molar-refractivity contribution in [1.82, 2.24) is 0 Å². The van der Waals surface area contributed by atoms with Gasteiger partial charge in [-0.25, -0.2) is 0 Å². The molecule has 3 nitrogen and oxygen atoms in total.